The number of hydrogen-bond acceptors (Lipinski definition) is 3. The highest BCUT2D eigenvalue weighted by molar-refractivity contribution is 5.05. The molecule has 3 nitrogen and oxygen atoms in total. The molecule has 0 amide bonds. The topological polar surface area (TPSA) is 61.3 Å². The van der Waals surface area contributed by atoms with Crippen molar-refractivity contribution in [1.29, 1.82) is 0 Å². The van der Waals surface area contributed by atoms with Crippen molar-refractivity contribution in [2.45, 2.75) is 172 Å². The SMILES string of the molecule is C=C(C)C(C)C1CCCCC1.C=CCCC(CCC)C(C)CCCC.C=CN.C=CN.C=COC(C(C)C)[C@@]1(CC)CC1C.CC. The predicted octanol–water partition coefficient (Wildman–Crippen LogP) is 13.8. The largest absolute Gasteiger partial charge is 0.498 e. The van der Waals surface area contributed by atoms with Crippen molar-refractivity contribution in [2.24, 2.45) is 52.4 Å². The van der Waals surface area contributed by atoms with Gasteiger partial charge in [0.15, 0.2) is 0 Å². The minimum atomic E-state index is 0.366. The van der Waals surface area contributed by atoms with Crippen LogP contribution in [0.1, 0.15) is 166 Å². The molecule has 0 radical (unpaired) electrons. The molecule has 2 aliphatic rings. The molecule has 0 bridgehead atoms. The first-order valence-electron chi connectivity index (χ1n) is 19.1. The molecule has 0 aromatic rings. The van der Waals surface area contributed by atoms with E-state index >= 15 is 0 Å². The van der Waals surface area contributed by atoms with Gasteiger partial charge in [-0.25, -0.2) is 0 Å². The number of unbranched alkanes of at least 4 members (excludes halogenated alkanes) is 1. The lowest BCUT2D eigenvalue weighted by Crippen LogP contribution is -2.30. The van der Waals surface area contributed by atoms with E-state index in [4.69, 9.17) is 4.74 Å². The summed E-state index contributed by atoms with van der Waals surface area (Å²) in [7, 11) is 0. The van der Waals surface area contributed by atoms with Gasteiger partial charge in [-0.15, -0.1) is 6.58 Å². The van der Waals surface area contributed by atoms with Crippen LogP contribution in [0.4, 0.5) is 0 Å². The van der Waals surface area contributed by atoms with Crippen LogP contribution in [-0.2, 0) is 4.74 Å². The van der Waals surface area contributed by atoms with Crippen molar-refractivity contribution >= 4 is 0 Å². The van der Waals surface area contributed by atoms with E-state index in [0.29, 0.717) is 17.4 Å². The van der Waals surface area contributed by atoms with Crippen LogP contribution in [-0.4, -0.2) is 6.10 Å². The van der Waals surface area contributed by atoms with E-state index in [-0.39, 0.29) is 0 Å². The molecule has 2 rings (SSSR count). The average molecular weight is 647 g/mol. The first-order chi connectivity index (χ1) is 21.9. The minimum Gasteiger partial charge on any atom is -0.498 e. The van der Waals surface area contributed by atoms with Gasteiger partial charge in [0, 0.05) is 5.41 Å². The highest BCUT2D eigenvalue weighted by atomic mass is 16.5. The quantitative estimate of drug-likeness (QED) is 0.130. The Kier molecular flexibility index (Phi) is 38.1. The van der Waals surface area contributed by atoms with Crippen LogP contribution in [0.15, 0.2) is 63.2 Å². The maximum Gasteiger partial charge on any atom is 0.106 e. The molecule has 0 aromatic carbocycles. The molecular formula is C43H86N2O. The normalized spacial score (nSPS) is 20.5. The molecule has 2 saturated carbocycles. The third kappa shape index (κ3) is 24.3. The van der Waals surface area contributed by atoms with E-state index in [2.05, 4.69) is 113 Å². The zero-order valence-electron chi connectivity index (χ0n) is 33.3. The second-order valence-electron chi connectivity index (χ2n) is 13.7. The molecule has 0 heterocycles. The Morgan fingerprint density at radius 1 is 0.870 bits per heavy atom. The molecule has 5 unspecified atom stereocenters. The second kappa shape index (κ2) is 34.4. The summed E-state index contributed by atoms with van der Waals surface area (Å²) in [5.74, 6) is 4.96. The van der Waals surface area contributed by atoms with Crippen molar-refractivity contribution < 1.29 is 4.74 Å². The first-order valence-corrected chi connectivity index (χ1v) is 19.1. The summed E-state index contributed by atoms with van der Waals surface area (Å²) >= 11 is 0. The Bertz CT molecular complexity index is 698. The van der Waals surface area contributed by atoms with E-state index < -0.39 is 0 Å². The molecule has 46 heavy (non-hydrogen) atoms. The lowest BCUT2D eigenvalue weighted by atomic mass is 9.78. The fourth-order valence-electron chi connectivity index (χ4n) is 6.88. The minimum absolute atomic E-state index is 0.366. The third-order valence-corrected chi connectivity index (χ3v) is 9.93. The van der Waals surface area contributed by atoms with E-state index in [1.54, 1.807) is 6.26 Å². The summed E-state index contributed by atoms with van der Waals surface area (Å²) < 4.78 is 5.66. The molecule has 0 spiro atoms. The van der Waals surface area contributed by atoms with Crippen molar-refractivity contribution in [1.82, 2.24) is 0 Å². The lowest BCUT2D eigenvalue weighted by Gasteiger charge is -2.29. The third-order valence-electron chi connectivity index (χ3n) is 9.93. The summed E-state index contributed by atoms with van der Waals surface area (Å²) in [6, 6.07) is 0. The molecule has 2 aliphatic carbocycles. The monoisotopic (exact) mass is 647 g/mol. The van der Waals surface area contributed by atoms with Crippen LogP contribution >= 0.6 is 0 Å². The average Bonchev–Trinajstić information content (AvgIpc) is 3.72. The molecule has 3 heteroatoms. The maximum atomic E-state index is 5.66. The Balaban J connectivity index is -0.000000258. The van der Waals surface area contributed by atoms with Crippen molar-refractivity contribution in [3.63, 3.8) is 0 Å². The number of rotatable bonds is 16. The predicted molar refractivity (Wildman–Crippen MR) is 214 cm³/mol. The van der Waals surface area contributed by atoms with Crippen molar-refractivity contribution in [2.75, 3.05) is 0 Å². The summed E-state index contributed by atoms with van der Waals surface area (Å²) in [6.45, 7) is 42.4. The zero-order chi connectivity index (χ0) is 36.6. The second-order valence-corrected chi connectivity index (χ2v) is 13.7. The number of hydrogen-bond donors (Lipinski definition) is 2. The zero-order valence-corrected chi connectivity index (χ0v) is 33.3. The molecule has 0 saturated heterocycles. The van der Waals surface area contributed by atoms with Crippen LogP contribution in [0.5, 0.6) is 0 Å². The number of ether oxygens (including phenoxy) is 1. The van der Waals surface area contributed by atoms with Crippen LogP contribution < -0.4 is 11.5 Å². The van der Waals surface area contributed by atoms with Gasteiger partial charge in [-0.3, -0.25) is 0 Å². The van der Waals surface area contributed by atoms with Crippen LogP contribution in [0.3, 0.4) is 0 Å². The molecule has 0 aromatic heterocycles. The van der Waals surface area contributed by atoms with Gasteiger partial charge in [0.25, 0.3) is 0 Å². The standard InChI is InChI=1S/C14H28.C12H22O.C11H20.2C2H5N.C2H6/c1-5-8-11-13(4)14(10-7-3)12-9-6-2;1-6-12(8-10(12)5)11(9(3)4)13-7-2;1-9(2)10(3)11-7-5-4-6-8-11;2*1-2-3;1-2/h6,13-14H,2,5,7-12H2,1,3-4H3;7,9-11H,2,6,8H2,1,3-5H3;10-11H,1,4-8H2,2-3H3;2*2H,1,3H2;1-2H3/t;10?,11?,12-;;;;/m.0..../s1. The van der Waals surface area contributed by atoms with Gasteiger partial charge in [-0.1, -0.05) is 159 Å². The van der Waals surface area contributed by atoms with Gasteiger partial charge < -0.3 is 16.2 Å². The lowest BCUT2D eigenvalue weighted by molar-refractivity contribution is 0.0256. The molecule has 274 valence electrons. The van der Waals surface area contributed by atoms with Crippen molar-refractivity contribution in [3.8, 4) is 0 Å². The Hall–Kier alpha value is -1.90. The van der Waals surface area contributed by atoms with Crippen LogP contribution in [0, 0.1) is 40.9 Å². The van der Waals surface area contributed by atoms with Gasteiger partial charge >= 0.3 is 0 Å². The molecule has 4 N–H and O–H groups in total. The Morgan fingerprint density at radius 2 is 1.37 bits per heavy atom. The number of allylic oxidation sites excluding steroid dienone is 2. The summed E-state index contributed by atoms with van der Waals surface area (Å²) in [4.78, 5) is 0. The van der Waals surface area contributed by atoms with Gasteiger partial charge in [0.2, 0.25) is 0 Å². The van der Waals surface area contributed by atoms with Crippen LogP contribution in [0.2, 0.25) is 0 Å². The van der Waals surface area contributed by atoms with E-state index in [9.17, 15) is 0 Å². The molecule has 0 aliphatic heterocycles. The molecule has 2 fully saturated rings. The highest BCUT2D eigenvalue weighted by Crippen LogP contribution is 2.59. The summed E-state index contributed by atoms with van der Waals surface area (Å²) in [5.41, 5.74) is 11.0. The Labute approximate surface area is 291 Å². The first kappa shape index (κ1) is 50.9. The fourth-order valence-corrected chi connectivity index (χ4v) is 6.88. The number of nitrogens with two attached hydrogens (primary N) is 2. The highest BCUT2D eigenvalue weighted by Gasteiger charge is 2.56. The fraction of sp³-hybridized carbons (Fsp3) is 0.767. The smallest absolute Gasteiger partial charge is 0.106 e. The van der Waals surface area contributed by atoms with Crippen LogP contribution in [0.25, 0.3) is 0 Å². The van der Waals surface area contributed by atoms with Gasteiger partial charge in [0.1, 0.15) is 6.10 Å². The Morgan fingerprint density at radius 3 is 1.70 bits per heavy atom. The van der Waals surface area contributed by atoms with E-state index in [0.717, 1.165) is 29.6 Å². The molecular weight excluding hydrogens is 560 g/mol. The van der Waals surface area contributed by atoms with Gasteiger partial charge in [-0.2, -0.15) is 0 Å². The summed E-state index contributed by atoms with van der Waals surface area (Å²) in [6.07, 6.45) is 25.7. The van der Waals surface area contributed by atoms with E-state index in [1.807, 2.05) is 13.8 Å². The van der Waals surface area contributed by atoms with Crippen molar-refractivity contribution in [3.05, 3.63) is 63.2 Å². The van der Waals surface area contributed by atoms with Gasteiger partial charge in [-0.05, 0) is 93.4 Å². The summed E-state index contributed by atoms with van der Waals surface area (Å²) in [5, 5.41) is 0. The van der Waals surface area contributed by atoms with Gasteiger partial charge in [0.05, 0.1) is 6.26 Å². The van der Waals surface area contributed by atoms with E-state index in [1.165, 1.54) is 108 Å². The molecule has 6 atom stereocenters. The maximum absolute atomic E-state index is 5.66.